The Labute approximate surface area is 207 Å². The van der Waals surface area contributed by atoms with Gasteiger partial charge in [-0.3, -0.25) is 14.5 Å². The van der Waals surface area contributed by atoms with Gasteiger partial charge in [-0.05, 0) is 56.0 Å². The minimum absolute atomic E-state index is 0.0678. The van der Waals surface area contributed by atoms with Crippen molar-refractivity contribution in [3.63, 3.8) is 0 Å². The van der Waals surface area contributed by atoms with Crippen molar-refractivity contribution in [3.05, 3.63) is 64.1 Å². The van der Waals surface area contributed by atoms with Gasteiger partial charge in [-0.25, -0.2) is 4.79 Å². The first-order valence-electron chi connectivity index (χ1n) is 11.2. The number of para-hydroxylation sites is 1. The standard InChI is InChI=1S/C24H26Cl2N4O4/c25-19-11-6-15(14-20(19)26)23(32)29-12-13-30(24(33)34-18-4-2-1-3-5-18)22(29)21(31)28-17-9-7-16(27)8-10-17/h1-6,11,14,16-17,22H,7-10,12-13,27H2,(H,28,31). The first kappa shape index (κ1) is 24.3. The van der Waals surface area contributed by atoms with E-state index < -0.39 is 24.1 Å². The van der Waals surface area contributed by atoms with Crippen LogP contribution in [0.5, 0.6) is 5.75 Å². The monoisotopic (exact) mass is 504 g/mol. The van der Waals surface area contributed by atoms with Crippen molar-refractivity contribution < 1.29 is 19.1 Å². The van der Waals surface area contributed by atoms with Crippen molar-refractivity contribution in [1.82, 2.24) is 15.1 Å². The number of carbonyl (C=O) groups is 3. The molecule has 2 aliphatic rings. The third-order valence-electron chi connectivity index (χ3n) is 6.14. The molecule has 4 rings (SSSR count). The van der Waals surface area contributed by atoms with Crippen LogP contribution in [0.2, 0.25) is 10.0 Å². The predicted molar refractivity (Wildman–Crippen MR) is 129 cm³/mol. The van der Waals surface area contributed by atoms with Crippen LogP contribution in [0.15, 0.2) is 48.5 Å². The summed E-state index contributed by atoms with van der Waals surface area (Å²) in [4.78, 5) is 42.4. The first-order valence-corrected chi connectivity index (χ1v) is 11.9. The summed E-state index contributed by atoms with van der Waals surface area (Å²) in [6.45, 7) is 0.308. The third-order valence-corrected chi connectivity index (χ3v) is 6.87. The zero-order valence-corrected chi connectivity index (χ0v) is 20.0. The molecule has 1 unspecified atom stereocenters. The summed E-state index contributed by atoms with van der Waals surface area (Å²) in [6, 6.07) is 13.2. The highest BCUT2D eigenvalue weighted by Crippen LogP contribution is 2.26. The van der Waals surface area contributed by atoms with Gasteiger partial charge in [0, 0.05) is 30.7 Å². The van der Waals surface area contributed by atoms with Crippen molar-refractivity contribution in [1.29, 1.82) is 0 Å². The number of benzene rings is 2. The normalized spacial score (nSPS) is 22.4. The van der Waals surface area contributed by atoms with Crippen LogP contribution in [0, 0.1) is 0 Å². The molecule has 3 amide bonds. The van der Waals surface area contributed by atoms with Gasteiger partial charge in [0.05, 0.1) is 10.0 Å². The number of amides is 3. The van der Waals surface area contributed by atoms with E-state index in [4.69, 9.17) is 33.7 Å². The second-order valence-electron chi connectivity index (χ2n) is 8.50. The lowest BCUT2D eigenvalue weighted by atomic mass is 9.92. The molecule has 1 atom stereocenters. The van der Waals surface area contributed by atoms with Crippen molar-refractivity contribution in [2.75, 3.05) is 13.1 Å². The van der Waals surface area contributed by atoms with E-state index >= 15 is 0 Å². The average Bonchev–Trinajstić information content (AvgIpc) is 3.28. The van der Waals surface area contributed by atoms with E-state index in [0.717, 1.165) is 25.7 Å². The number of halogens is 2. The van der Waals surface area contributed by atoms with Gasteiger partial charge in [-0.15, -0.1) is 0 Å². The fourth-order valence-electron chi connectivity index (χ4n) is 4.30. The number of nitrogens with two attached hydrogens (primary N) is 1. The van der Waals surface area contributed by atoms with E-state index in [0.29, 0.717) is 10.8 Å². The Morgan fingerprint density at radius 1 is 0.912 bits per heavy atom. The Balaban J connectivity index is 1.56. The molecule has 0 radical (unpaired) electrons. The van der Waals surface area contributed by atoms with E-state index in [-0.39, 0.29) is 35.8 Å². The lowest BCUT2D eigenvalue weighted by Gasteiger charge is -2.32. The molecule has 2 aromatic carbocycles. The van der Waals surface area contributed by atoms with Gasteiger partial charge in [0.25, 0.3) is 11.8 Å². The van der Waals surface area contributed by atoms with Crippen molar-refractivity contribution in [3.8, 4) is 5.75 Å². The number of hydrogen-bond donors (Lipinski definition) is 2. The molecule has 3 N–H and O–H groups in total. The van der Waals surface area contributed by atoms with E-state index in [1.54, 1.807) is 36.4 Å². The molecule has 34 heavy (non-hydrogen) atoms. The van der Waals surface area contributed by atoms with Crippen LogP contribution in [0.4, 0.5) is 4.79 Å². The minimum atomic E-state index is -1.16. The minimum Gasteiger partial charge on any atom is -0.410 e. The lowest BCUT2D eigenvalue weighted by molar-refractivity contribution is -0.129. The molecular formula is C24H26Cl2N4O4. The number of hydrogen-bond acceptors (Lipinski definition) is 5. The molecule has 1 heterocycles. The Hall–Kier alpha value is -2.81. The summed E-state index contributed by atoms with van der Waals surface area (Å²) >= 11 is 12.1. The molecule has 0 aromatic heterocycles. The fourth-order valence-corrected chi connectivity index (χ4v) is 4.60. The van der Waals surface area contributed by atoms with Crippen LogP contribution >= 0.6 is 23.2 Å². The molecule has 10 heteroatoms. The highest BCUT2D eigenvalue weighted by Gasteiger charge is 2.44. The van der Waals surface area contributed by atoms with E-state index in [9.17, 15) is 14.4 Å². The summed E-state index contributed by atoms with van der Waals surface area (Å²) in [5.74, 6) is -0.516. The Kier molecular flexibility index (Phi) is 7.60. The second kappa shape index (κ2) is 10.6. The molecule has 0 bridgehead atoms. The smallest absolute Gasteiger partial charge is 0.410 e. The number of nitrogens with zero attached hydrogens (tertiary/aromatic N) is 2. The summed E-state index contributed by atoms with van der Waals surface area (Å²) < 4.78 is 5.47. The SMILES string of the molecule is NC1CCC(NC(=O)C2N(C(=O)Oc3ccccc3)CCN2C(=O)c2ccc(Cl)c(Cl)c2)CC1. The zero-order chi connectivity index (χ0) is 24.2. The molecule has 1 aliphatic carbocycles. The third kappa shape index (κ3) is 5.46. The lowest BCUT2D eigenvalue weighted by Crippen LogP contribution is -2.56. The van der Waals surface area contributed by atoms with Crippen molar-refractivity contribution in [2.45, 2.75) is 43.9 Å². The van der Waals surface area contributed by atoms with E-state index in [2.05, 4.69) is 5.32 Å². The molecule has 8 nitrogen and oxygen atoms in total. The highest BCUT2D eigenvalue weighted by molar-refractivity contribution is 6.42. The van der Waals surface area contributed by atoms with Crippen molar-refractivity contribution in [2.24, 2.45) is 5.73 Å². The quantitative estimate of drug-likeness (QED) is 0.660. The molecule has 180 valence electrons. The van der Waals surface area contributed by atoms with Gasteiger partial charge in [0.2, 0.25) is 0 Å². The van der Waals surface area contributed by atoms with Crippen LogP contribution in [0.1, 0.15) is 36.0 Å². The van der Waals surface area contributed by atoms with E-state index in [1.165, 1.54) is 21.9 Å². The summed E-state index contributed by atoms with van der Waals surface area (Å²) in [5.41, 5.74) is 6.25. The van der Waals surface area contributed by atoms with Crippen LogP contribution in [-0.2, 0) is 4.79 Å². The molecule has 1 saturated carbocycles. The van der Waals surface area contributed by atoms with Gasteiger partial charge in [0.1, 0.15) is 5.75 Å². The molecule has 1 aliphatic heterocycles. The zero-order valence-electron chi connectivity index (χ0n) is 18.5. The number of carbonyl (C=O) groups excluding carboxylic acids is 3. The van der Waals surface area contributed by atoms with E-state index in [1.807, 2.05) is 0 Å². The van der Waals surface area contributed by atoms with Gasteiger partial charge in [-0.2, -0.15) is 0 Å². The Morgan fingerprint density at radius 3 is 2.26 bits per heavy atom. The number of nitrogens with one attached hydrogen (secondary N) is 1. The Bertz CT molecular complexity index is 1060. The molecule has 2 aromatic rings. The Morgan fingerprint density at radius 2 is 1.59 bits per heavy atom. The van der Waals surface area contributed by atoms with Crippen molar-refractivity contribution >= 4 is 41.1 Å². The van der Waals surface area contributed by atoms with Crippen LogP contribution in [0.3, 0.4) is 0 Å². The predicted octanol–water partition coefficient (Wildman–Crippen LogP) is 3.66. The summed E-state index contributed by atoms with van der Waals surface area (Å²) in [6.07, 6.45) is 1.24. The maximum absolute atomic E-state index is 13.4. The topological polar surface area (TPSA) is 105 Å². The van der Waals surface area contributed by atoms with Gasteiger partial charge >= 0.3 is 6.09 Å². The summed E-state index contributed by atoms with van der Waals surface area (Å²) in [5, 5.41) is 3.55. The maximum Gasteiger partial charge on any atom is 0.417 e. The largest absolute Gasteiger partial charge is 0.417 e. The summed E-state index contributed by atoms with van der Waals surface area (Å²) in [7, 11) is 0. The molecule has 0 spiro atoms. The van der Waals surface area contributed by atoms with Crippen LogP contribution in [-0.4, -0.2) is 59.0 Å². The van der Waals surface area contributed by atoms with Gasteiger partial charge < -0.3 is 20.7 Å². The highest BCUT2D eigenvalue weighted by atomic mass is 35.5. The average molecular weight is 505 g/mol. The van der Waals surface area contributed by atoms with Gasteiger partial charge in [-0.1, -0.05) is 41.4 Å². The van der Waals surface area contributed by atoms with Gasteiger partial charge in [0.15, 0.2) is 6.17 Å². The second-order valence-corrected chi connectivity index (χ2v) is 9.31. The van der Waals surface area contributed by atoms with Crippen LogP contribution < -0.4 is 15.8 Å². The number of ether oxygens (including phenoxy) is 1. The first-order chi connectivity index (χ1) is 16.3. The van der Waals surface area contributed by atoms with Crippen LogP contribution in [0.25, 0.3) is 0 Å². The molecule has 1 saturated heterocycles. The molecule has 2 fully saturated rings. The number of rotatable bonds is 4. The maximum atomic E-state index is 13.4. The fraction of sp³-hybridized carbons (Fsp3) is 0.375. The molecular weight excluding hydrogens is 479 g/mol.